The molecule has 1 amide bonds. The zero-order valence-electron chi connectivity index (χ0n) is 16.0. The number of hydrogen-bond acceptors (Lipinski definition) is 6. The maximum Gasteiger partial charge on any atom is 0.243 e. The van der Waals surface area contributed by atoms with Crippen molar-refractivity contribution in [3.63, 3.8) is 0 Å². The minimum Gasteiger partial charge on any atom is -0.497 e. The van der Waals surface area contributed by atoms with Crippen LogP contribution in [0.4, 0.5) is 0 Å². The van der Waals surface area contributed by atoms with Gasteiger partial charge in [0.05, 0.1) is 18.0 Å². The SMILES string of the molecule is COc1ccc(S(=O)(=O)N2CCN(C(=O)C(N)C3CCOCC3)CC2)cc1.Cl. The predicted molar refractivity (Wildman–Crippen MR) is 107 cm³/mol. The first-order valence-electron chi connectivity index (χ1n) is 9.20. The smallest absolute Gasteiger partial charge is 0.243 e. The largest absolute Gasteiger partial charge is 0.497 e. The first-order chi connectivity index (χ1) is 12.9. The Hall–Kier alpha value is -1.39. The maximum absolute atomic E-state index is 12.8. The number of benzene rings is 1. The molecule has 2 N–H and O–H groups in total. The van der Waals surface area contributed by atoms with Crippen molar-refractivity contribution in [2.45, 2.75) is 23.8 Å². The van der Waals surface area contributed by atoms with E-state index in [2.05, 4.69) is 0 Å². The van der Waals surface area contributed by atoms with Crippen LogP contribution in [-0.4, -0.2) is 76.1 Å². The van der Waals surface area contributed by atoms with Gasteiger partial charge in [-0.05, 0) is 43.0 Å². The fourth-order valence-electron chi connectivity index (χ4n) is 3.53. The van der Waals surface area contributed by atoms with Crippen molar-refractivity contribution < 1.29 is 22.7 Å². The number of hydrogen-bond donors (Lipinski definition) is 1. The highest BCUT2D eigenvalue weighted by atomic mass is 35.5. The van der Waals surface area contributed by atoms with Crippen molar-refractivity contribution in [3.05, 3.63) is 24.3 Å². The first-order valence-corrected chi connectivity index (χ1v) is 10.6. The number of piperazine rings is 1. The number of nitrogens with two attached hydrogens (primary N) is 1. The molecule has 1 aromatic carbocycles. The molecule has 1 unspecified atom stereocenters. The van der Waals surface area contributed by atoms with E-state index in [1.807, 2.05) is 0 Å². The van der Waals surface area contributed by atoms with Crippen LogP contribution in [0.25, 0.3) is 0 Å². The molecule has 0 bridgehead atoms. The number of carbonyl (C=O) groups is 1. The van der Waals surface area contributed by atoms with Gasteiger partial charge in [0.1, 0.15) is 5.75 Å². The van der Waals surface area contributed by atoms with Gasteiger partial charge in [-0.15, -0.1) is 12.4 Å². The Morgan fingerprint density at radius 1 is 1.14 bits per heavy atom. The van der Waals surface area contributed by atoms with Gasteiger partial charge >= 0.3 is 0 Å². The number of ether oxygens (including phenoxy) is 2. The van der Waals surface area contributed by atoms with Gasteiger partial charge < -0.3 is 20.1 Å². The molecule has 2 saturated heterocycles. The van der Waals surface area contributed by atoms with E-state index in [9.17, 15) is 13.2 Å². The van der Waals surface area contributed by atoms with E-state index in [1.165, 1.54) is 23.5 Å². The Labute approximate surface area is 172 Å². The van der Waals surface area contributed by atoms with Crippen LogP contribution in [-0.2, 0) is 19.6 Å². The number of sulfonamides is 1. The number of amides is 1. The van der Waals surface area contributed by atoms with E-state index in [-0.39, 0.29) is 42.2 Å². The Morgan fingerprint density at radius 3 is 2.25 bits per heavy atom. The number of carbonyl (C=O) groups excluding carboxylic acids is 1. The Bertz CT molecular complexity index is 745. The minimum atomic E-state index is -3.58. The number of nitrogens with zero attached hydrogens (tertiary/aromatic N) is 2. The topological polar surface area (TPSA) is 102 Å². The monoisotopic (exact) mass is 433 g/mol. The highest BCUT2D eigenvalue weighted by molar-refractivity contribution is 7.89. The van der Waals surface area contributed by atoms with Crippen LogP contribution < -0.4 is 10.5 Å². The van der Waals surface area contributed by atoms with E-state index < -0.39 is 16.1 Å². The third-order valence-electron chi connectivity index (χ3n) is 5.31. The van der Waals surface area contributed by atoms with E-state index in [4.69, 9.17) is 15.2 Å². The molecule has 0 aliphatic carbocycles. The summed E-state index contributed by atoms with van der Waals surface area (Å²) >= 11 is 0. The third kappa shape index (κ3) is 4.96. The van der Waals surface area contributed by atoms with Crippen molar-refractivity contribution >= 4 is 28.3 Å². The van der Waals surface area contributed by atoms with Gasteiger partial charge in [-0.25, -0.2) is 8.42 Å². The molecule has 3 rings (SSSR count). The molecular weight excluding hydrogens is 406 g/mol. The van der Waals surface area contributed by atoms with Crippen LogP contribution in [0.2, 0.25) is 0 Å². The molecule has 1 aromatic rings. The molecule has 158 valence electrons. The zero-order chi connectivity index (χ0) is 19.4. The molecule has 28 heavy (non-hydrogen) atoms. The lowest BCUT2D eigenvalue weighted by Gasteiger charge is -2.37. The summed E-state index contributed by atoms with van der Waals surface area (Å²) in [6.45, 7) is 2.51. The van der Waals surface area contributed by atoms with Gasteiger partial charge in [0.2, 0.25) is 15.9 Å². The molecule has 0 aromatic heterocycles. The standard InChI is InChI=1S/C18H27N3O5S.ClH/c1-25-15-2-4-16(5-3-15)27(23,24)21-10-8-20(9-11-21)18(22)17(19)14-6-12-26-13-7-14;/h2-5,14,17H,6-13,19H2,1H3;1H. The van der Waals surface area contributed by atoms with Gasteiger partial charge in [0.25, 0.3) is 0 Å². The highest BCUT2D eigenvalue weighted by Gasteiger charge is 2.34. The van der Waals surface area contributed by atoms with Crippen LogP contribution in [0.1, 0.15) is 12.8 Å². The molecular formula is C18H28ClN3O5S. The average molecular weight is 434 g/mol. The van der Waals surface area contributed by atoms with Gasteiger partial charge in [0, 0.05) is 39.4 Å². The van der Waals surface area contributed by atoms with E-state index in [1.54, 1.807) is 17.0 Å². The molecule has 2 aliphatic rings. The lowest BCUT2D eigenvalue weighted by molar-refractivity contribution is -0.135. The summed E-state index contributed by atoms with van der Waals surface area (Å²) in [5, 5.41) is 0. The van der Waals surface area contributed by atoms with Crippen LogP contribution >= 0.6 is 12.4 Å². The second kappa shape index (κ2) is 9.89. The summed E-state index contributed by atoms with van der Waals surface area (Å²) in [5.74, 6) is 0.641. The normalized spacial score (nSPS) is 20.3. The summed E-state index contributed by atoms with van der Waals surface area (Å²) in [6, 6.07) is 5.78. The molecule has 8 nitrogen and oxygen atoms in total. The maximum atomic E-state index is 12.8. The molecule has 10 heteroatoms. The molecule has 2 heterocycles. The number of rotatable bonds is 5. The van der Waals surface area contributed by atoms with Crippen LogP contribution in [0.5, 0.6) is 5.75 Å². The lowest BCUT2D eigenvalue weighted by Crippen LogP contribution is -2.56. The van der Waals surface area contributed by atoms with Crippen molar-refractivity contribution in [2.24, 2.45) is 11.7 Å². The van der Waals surface area contributed by atoms with E-state index in [0.29, 0.717) is 32.1 Å². The summed E-state index contributed by atoms with van der Waals surface area (Å²) in [7, 11) is -2.05. The summed E-state index contributed by atoms with van der Waals surface area (Å²) in [6.07, 6.45) is 1.58. The minimum absolute atomic E-state index is 0. The van der Waals surface area contributed by atoms with Gasteiger partial charge in [-0.2, -0.15) is 4.31 Å². The molecule has 2 aliphatic heterocycles. The van der Waals surface area contributed by atoms with E-state index >= 15 is 0 Å². The highest BCUT2D eigenvalue weighted by Crippen LogP contribution is 2.22. The van der Waals surface area contributed by atoms with Gasteiger partial charge in [-0.1, -0.05) is 0 Å². The second-order valence-corrected chi connectivity index (χ2v) is 8.82. The zero-order valence-corrected chi connectivity index (χ0v) is 17.6. The average Bonchev–Trinajstić information content (AvgIpc) is 2.73. The van der Waals surface area contributed by atoms with Crippen molar-refractivity contribution in [1.29, 1.82) is 0 Å². The number of methoxy groups -OCH3 is 1. The van der Waals surface area contributed by atoms with Crippen LogP contribution in [0.15, 0.2) is 29.2 Å². The predicted octanol–water partition coefficient (Wildman–Crippen LogP) is 0.704. The van der Waals surface area contributed by atoms with Crippen LogP contribution in [0.3, 0.4) is 0 Å². The summed E-state index contributed by atoms with van der Waals surface area (Å²) in [4.78, 5) is 14.6. The first kappa shape index (κ1) is 22.9. The van der Waals surface area contributed by atoms with E-state index in [0.717, 1.165) is 12.8 Å². The Balaban J connectivity index is 0.00000280. The van der Waals surface area contributed by atoms with Crippen molar-refractivity contribution in [3.8, 4) is 5.75 Å². The van der Waals surface area contributed by atoms with Crippen molar-refractivity contribution in [1.82, 2.24) is 9.21 Å². The Kier molecular flexibility index (Phi) is 8.08. The van der Waals surface area contributed by atoms with Gasteiger partial charge in [-0.3, -0.25) is 4.79 Å². The quantitative estimate of drug-likeness (QED) is 0.733. The fourth-order valence-corrected chi connectivity index (χ4v) is 4.96. The molecule has 0 radical (unpaired) electrons. The van der Waals surface area contributed by atoms with Crippen molar-refractivity contribution in [2.75, 3.05) is 46.5 Å². The molecule has 0 saturated carbocycles. The molecule has 0 spiro atoms. The number of halogens is 1. The third-order valence-corrected chi connectivity index (χ3v) is 7.22. The summed E-state index contributed by atoms with van der Waals surface area (Å²) < 4.78 is 37.4. The summed E-state index contributed by atoms with van der Waals surface area (Å²) in [5.41, 5.74) is 6.17. The molecule has 1 atom stereocenters. The van der Waals surface area contributed by atoms with Gasteiger partial charge in [0.15, 0.2) is 0 Å². The fraction of sp³-hybridized carbons (Fsp3) is 0.611. The molecule has 2 fully saturated rings. The van der Waals surface area contributed by atoms with Crippen LogP contribution in [0, 0.1) is 5.92 Å². The Morgan fingerprint density at radius 2 is 1.71 bits per heavy atom. The lowest BCUT2D eigenvalue weighted by atomic mass is 9.91. The second-order valence-electron chi connectivity index (χ2n) is 6.88.